The molecule has 5 heteroatoms. The maximum Gasteiger partial charge on any atom is 0.315 e. The summed E-state index contributed by atoms with van der Waals surface area (Å²) in [6.07, 6.45) is 2.57. The van der Waals surface area contributed by atoms with Gasteiger partial charge in [-0.3, -0.25) is 4.98 Å². The first-order valence-corrected chi connectivity index (χ1v) is 7.01. The van der Waals surface area contributed by atoms with E-state index in [4.69, 9.17) is 0 Å². The summed E-state index contributed by atoms with van der Waals surface area (Å²) in [4.78, 5) is 15.9. The van der Waals surface area contributed by atoms with Crippen molar-refractivity contribution in [2.75, 3.05) is 6.54 Å². The van der Waals surface area contributed by atoms with Crippen LogP contribution in [0.25, 0.3) is 0 Å². The fourth-order valence-corrected chi connectivity index (χ4v) is 1.80. The lowest BCUT2D eigenvalue weighted by atomic mass is 9.89. The van der Waals surface area contributed by atoms with E-state index in [9.17, 15) is 9.90 Å². The molecule has 0 radical (unpaired) electrons. The summed E-state index contributed by atoms with van der Waals surface area (Å²) in [6.45, 7) is 8.29. The van der Waals surface area contributed by atoms with E-state index in [0.29, 0.717) is 6.54 Å². The molecule has 3 N–H and O–H groups in total. The third-order valence-electron chi connectivity index (χ3n) is 3.82. The Kier molecular flexibility index (Phi) is 5.95. The van der Waals surface area contributed by atoms with Crippen molar-refractivity contribution in [3.8, 4) is 0 Å². The maximum absolute atomic E-state index is 11.7. The van der Waals surface area contributed by atoms with Crippen LogP contribution in [0.3, 0.4) is 0 Å². The summed E-state index contributed by atoms with van der Waals surface area (Å²) in [5, 5.41) is 15.7. The molecule has 1 aromatic heterocycles. The molecule has 0 saturated heterocycles. The summed E-state index contributed by atoms with van der Waals surface area (Å²) in [7, 11) is 0. The molecule has 2 amide bonds. The van der Waals surface area contributed by atoms with Gasteiger partial charge in [0.15, 0.2) is 0 Å². The van der Waals surface area contributed by atoms with Crippen molar-refractivity contribution in [1.29, 1.82) is 0 Å². The number of carbonyl (C=O) groups is 1. The average Bonchev–Trinajstić information content (AvgIpc) is 2.43. The van der Waals surface area contributed by atoms with E-state index in [0.717, 1.165) is 17.7 Å². The molecule has 0 aliphatic heterocycles. The smallest absolute Gasteiger partial charge is 0.315 e. The fraction of sp³-hybridized carbons (Fsp3) is 0.600. The van der Waals surface area contributed by atoms with Crippen LogP contribution in [0.5, 0.6) is 0 Å². The molecular formula is C15H25N3O2. The van der Waals surface area contributed by atoms with Gasteiger partial charge in [0.05, 0.1) is 17.8 Å². The Balaban J connectivity index is 2.40. The predicted octanol–water partition coefficient (Wildman–Crippen LogP) is 1.99. The molecule has 20 heavy (non-hydrogen) atoms. The zero-order valence-corrected chi connectivity index (χ0v) is 12.7. The molecular weight excluding hydrogens is 254 g/mol. The van der Waals surface area contributed by atoms with E-state index in [1.165, 1.54) is 0 Å². The first kappa shape index (κ1) is 16.4. The SMILES string of the molecule is CCC(C)C(C)(O)CNC(=O)NCc1ncccc1C. The van der Waals surface area contributed by atoms with E-state index in [-0.39, 0.29) is 18.5 Å². The highest BCUT2D eigenvalue weighted by Crippen LogP contribution is 2.18. The number of amides is 2. The van der Waals surface area contributed by atoms with Crippen LogP contribution < -0.4 is 10.6 Å². The first-order chi connectivity index (χ1) is 9.36. The number of nitrogens with zero attached hydrogens (tertiary/aromatic N) is 1. The lowest BCUT2D eigenvalue weighted by Crippen LogP contribution is -2.47. The van der Waals surface area contributed by atoms with E-state index in [1.807, 2.05) is 32.9 Å². The molecule has 5 nitrogen and oxygen atoms in total. The van der Waals surface area contributed by atoms with Gasteiger partial charge in [-0.2, -0.15) is 0 Å². The van der Waals surface area contributed by atoms with E-state index < -0.39 is 5.60 Å². The van der Waals surface area contributed by atoms with Gasteiger partial charge in [0.25, 0.3) is 0 Å². The molecule has 2 unspecified atom stereocenters. The highest BCUT2D eigenvalue weighted by molar-refractivity contribution is 5.73. The van der Waals surface area contributed by atoms with Gasteiger partial charge in [0.1, 0.15) is 0 Å². The Morgan fingerprint density at radius 3 is 2.80 bits per heavy atom. The first-order valence-electron chi connectivity index (χ1n) is 7.01. The number of nitrogens with one attached hydrogen (secondary N) is 2. The number of rotatable bonds is 6. The number of aromatic nitrogens is 1. The molecule has 1 aromatic rings. The second kappa shape index (κ2) is 7.24. The number of pyridine rings is 1. The van der Waals surface area contributed by atoms with Gasteiger partial charge in [-0.15, -0.1) is 0 Å². The van der Waals surface area contributed by atoms with Gasteiger partial charge in [0.2, 0.25) is 0 Å². The van der Waals surface area contributed by atoms with Gasteiger partial charge in [0, 0.05) is 12.7 Å². The average molecular weight is 279 g/mol. The lowest BCUT2D eigenvalue weighted by Gasteiger charge is -2.29. The molecule has 0 aliphatic carbocycles. The van der Waals surface area contributed by atoms with Gasteiger partial charge < -0.3 is 15.7 Å². The summed E-state index contributed by atoms with van der Waals surface area (Å²) < 4.78 is 0. The number of carbonyl (C=O) groups excluding carboxylic acids is 1. The maximum atomic E-state index is 11.7. The quantitative estimate of drug-likeness (QED) is 0.745. The minimum atomic E-state index is -0.896. The van der Waals surface area contributed by atoms with Crippen molar-refractivity contribution >= 4 is 6.03 Å². The predicted molar refractivity (Wildman–Crippen MR) is 79.3 cm³/mol. The highest BCUT2D eigenvalue weighted by atomic mass is 16.3. The van der Waals surface area contributed by atoms with E-state index in [1.54, 1.807) is 13.1 Å². The van der Waals surface area contributed by atoms with Crippen LogP contribution in [0.4, 0.5) is 4.79 Å². The van der Waals surface area contributed by atoms with Crippen LogP contribution in [0.1, 0.15) is 38.4 Å². The van der Waals surface area contributed by atoms with Crippen molar-refractivity contribution in [2.45, 2.75) is 46.3 Å². The number of aliphatic hydroxyl groups is 1. The molecule has 0 spiro atoms. The molecule has 0 bridgehead atoms. The standard InChI is InChI=1S/C15H25N3O2/c1-5-12(3)15(4,20)10-18-14(19)17-9-13-11(2)7-6-8-16-13/h6-8,12,20H,5,9-10H2,1-4H3,(H2,17,18,19). The van der Waals surface area contributed by atoms with Crippen LogP contribution in [-0.2, 0) is 6.54 Å². The molecule has 112 valence electrons. The molecule has 1 heterocycles. The molecule has 1 rings (SSSR count). The number of hydrogen-bond donors (Lipinski definition) is 3. The van der Waals surface area contributed by atoms with E-state index in [2.05, 4.69) is 15.6 Å². The normalized spacial score (nSPS) is 15.2. The van der Waals surface area contributed by atoms with Gasteiger partial charge in [-0.05, 0) is 31.4 Å². The summed E-state index contributed by atoms with van der Waals surface area (Å²) >= 11 is 0. The van der Waals surface area contributed by atoms with Gasteiger partial charge >= 0.3 is 6.03 Å². The molecule has 0 fully saturated rings. The third-order valence-corrected chi connectivity index (χ3v) is 3.82. The van der Waals surface area contributed by atoms with Crippen molar-refractivity contribution in [1.82, 2.24) is 15.6 Å². The van der Waals surface area contributed by atoms with Crippen LogP contribution in [0, 0.1) is 12.8 Å². The third kappa shape index (κ3) is 4.81. The second-order valence-corrected chi connectivity index (χ2v) is 5.47. The van der Waals surface area contributed by atoms with E-state index >= 15 is 0 Å². The Hall–Kier alpha value is -1.62. The van der Waals surface area contributed by atoms with Crippen LogP contribution in [-0.4, -0.2) is 28.3 Å². The van der Waals surface area contributed by atoms with Gasteiger partial charge in [-0.25, -0.2) is 4.79 Å². The molecule has 0 aromatic carbocycles. The molecule has 0 saturated carbocycles. The summed E-state index contributed by atoms with van der Waals surface area (Å²) in [5.41, 5.74) is 0.989. The van der Waals surface area contributed by atoms with Crippen molar-refractivity contribution in [2.24, 2.45) is 5.92 Å². The lowest BCUT2D eigenvalue weighted by molar-refractivity contribution is 0.00790. The van der Waals surface area contributed by atoms with Crippen molar-refractivity contribution in [3.05, 3.63) is 29.6 Å². The summed E-state index contributed by atoms with van der Waals surface area (Å²) in [6, 6.07) is 3.52. The zero-order chi connectivity index (χ0) is 15.2. The fourth-order valence-electron chi connectivity index (χ4n) is 1.80. The van der Waals surface area contributed by atoms with Crippen molar-refractivity contribution in [3.63, 3.8) is 0 Å². The van der Waals surface area contributed by atoms with Crippen LogP contribution in [0.2, 0.25) is 0 Å². The van der Waals surface area contributed by atoms with Gasteiger partial charge in [-0.1, -0.05) is 26.3 Å². The number of urea groups is 1. The summed E-state index contributed by atoms with van der Waals surface area (Å²) in [5.74, 6) is 0.126. The highest BCUT2D eigenvalue weighted by Gasteiger charge is 2.27. The Bertz CT molecular complexity index is 446. The van der Waals surface area contributed by atoms with Crippen LogP contribution >= 0.6 is 0 Å². The number of aryl methyl sites for hydroxylation is 1. The second-order valence-electron chi connectivity index (χ2n) is 5.47. The van der Waals surface area contributed by atoms with Crippen LogP contribution in [0.15, 0.2) is 18.3 Å². The molecule has 2 atom stereocenters. The largest absolute Gasteiger partial charge is 0.388 e. The monoisotopic (exact) mass is 279 g/mol. The zero-order valence-electron chi connectivity index (χ0n) is 12.7. The Labute approximate surface area is 120 Å². The topological polar surface area (TPSA) is 74.2 Å². The molecule has 0 aliphatic rings. The minimum Gasteiger partial charge on any atom is -0.388 e. The Morgan fingerprint density at radius 1 is 1.50 bits per heavy atom. The van der Waals surface area contributed by atoms with Crippen molar-refractivity contribution < 1.29 is 9.90 Å². The number of hydrogen-bond acceptors (Lipinski definition) is 3. The Morgan fingerprint density at radius 2 is 2.20 bits per heavy atom. The minimum absolute atomic E-state index is 0.126.